The highest BCUT2D eigenvalue weighted by Gasteiger charge is 2.18. The van der Waals surface area contributed by atoms with E-state index in [2.05, 4.69) is 26.3 Å². The third kappa shape index (κ3) is 3.85. The number of aliphatic hydroxyl groups excluding tert-OH is 1. The van der Waals surface area contributed by atoms with E-state index < -0.39 is 0 Å². The van der Waals surface area contributed by atoms with Gasteiger partial charge in [-0.25, -0.2) is 4.98 Å². The number of imidazole rings is 1. The molecule has 2 N–H and O–H groups in total. The summed E-state index contributed by atoms with van der Waals surface area (Å²) in [5.74, 6) is 0.610. The van der Waals surface area contributed by atoms with Crippen molar-refractivity contribution in [3.63, 3.8) is 0 Å². The quantitative estimate of drug-likeness (QED) is 0.482. The molecule has 6 nitrogen and oxygen atoms in total. The summed E-state index contributed by atoms with van der Waals surface area (Å²) < 4.78 is 4.02. The molecule has 0 fully saturated rings. The van der Waals surface area contributed by atoms with E-state index in [1.54, 1.807) is 11.3 Å². The van der Waals surface area contributed by atoms with Crippen molar-refractivity contribution in [2.24, 2.45) is 0 Å². The predicted octanol–water partition coefficient (Wildman–Crippen LogP) is 3.19. The van der Waals surface area contributed by atoms with E-state index in [-0.39, 0.29) is 18.6 Å². The minimum atomic E-state index is -0.128. The van der Waals surface area contributed by atoms with Crippen LogP contribution in [0.25, 0.3) is 11.0 Å². The van der Waals surface area contributed by atoms with Crippen LogP contribution < -0.4 is 5.32 Å². The van der Waals surface area contributed by atoms with Crippen molar-refractivity contribution in [1.29, 1.82) is 0 Å². The average Bonchev–Trinajstić information content (AvgIpc) is 3.47. The standard InChI is InChI=1S/C21H22N4O2S/c26-14-20-23-17-5-1-2-6-18(17)25(20)11-8-22-21(27)13-19(16-7-12-28-15-16)24-9-3-4-10-24/h1-7,9-10,12,15,19,26H,8,11,13-14H2,(H,22,27)/t19-/m0/s1. The predicted molar refractivity (Wildman–Crippen MR) is 110 cm³/mol. The van der Waals surface area contributed by atoms with E-state index in [0.717, 1.165) is 16.6 Å². The van der Waals surface area contributed by atoms with Gasteiger partial charge in [0.15, 0.2) is 0 Å². The zero-order chi connectivity index (χ0) is 19.3. The number of benzene rings is 1. The molecule has 4 aromatic rings. The summed E-state index contributed by atoms with van der Waals surface area (Å²) in [6.07, 6.45) is 4.35. The largest absolute Gasteiger partial charge is 0.388 e. The van der Waals surface area contributed by atoms with Crippen LogP contribution in [0.4, 0.5) is 0 Å². The molecule has 0 saturated heterocycles. The van der Waals surface area contributed by atoms with Gasteiger partial charge in [0.2, 0.25) is 5.91 Å². The fourth-order valence-corrected chi connectivity index (χ4v) is 4.17. The Morgan fingerprint density at radius 2 is 2.00 bits per heavy atom. The molecule has 0 aliphatic heterocycles. The van der Waals surface area contributed by atoms with Crippen LogP contribution in [0, 0.1) is 0 Å². The Hall–Kier alpha value is -2.90. The first-order valence-corrected chi connectivity index (χ1v) is 10.2. The highest BCUT2D eigenvalue weighted by Crippen LogP contribution is 2.24. The molecule has 4 rings (SSSR count). The maximum atomic E-state index is 12.6. The zero-order valence-electron chi connectivity index (χ0n) is 15.4. The second-order valence-corrected chi connectivity index (χ2v) is 7.36. The first-order valence-electron chi connectivity index (χ1n) is 9.22. The summed E-state index contributed by atoms with van der Waals surface area (Å²) in [7, 11) is 0. The number of thiophene rings is 1. The number of amides is 1. The van der Waals surface area contributed by atoms with Gasteiger partial charge < -0.3 is 19.6 Å². The van der Waals surface area contributed by atoms with Crippen molar-refractivity contribution in [2.45, 2.75) is 25.6 Å². The third-order valence-electron chi connectivity index (χ3n) is 4.83. The highest BCUT2D eigenvalue weighted by atomic mass is 32.1. The Bertz CT molecular complexity index is 1000. The lowest BCUT2D eigenvalue weighted by molar-refractivity contribution is -0.121. The van der Waals surface area contributed by atoms with Gasteiger partial charge in [0, 0.05) is 25.5 Å². The smallest absolute Gasteiger partial charge is 0.222 e. The summed E-state index contributed by atoms with van der Waals surface area (Å²) >= 11 is 1.63. The molecule has 0 aliphatic carbocycles. The molecule has 28 heavy (non-hydrogen) atoms. The molecular formula is C21H22N4O2S. The Morgan fingerprint density at radius 1 is 1.18 bits per heavy atom. The molecule has 3 heterocycles. The van der Waals surface area contributed by atoms with Crippen molar-refractivity contribution in [3.05, 3.63) is 77.0 Å². The van der Waals surface area contributed by atoms with Crippen molar-refractivity contribution in [1.82, 2.24) is 19.4 Å². The van der Waals surface area contributed by atoms with Gasteiger partial charge in [-0.05, 0) is 46.7 Å². The van der Waals surface area contributed by atoms with E-state index in [0.29, 0.717) is 25.3 Å². The molecule has 0 saturated carbocycles. The molecule has 3 aromatic heterocycles. The number of carbonyl (C=O) groups excluding carboxylic acids is 1. The van der Waals surface area contributed by atoms with Gasteiger partial charge in [0.25, 0.3) is 0 Å². The minimum absolute atomic E-state index is 0.000121. The fraction of sp³-hybridized carbons (Fsp3) is 0.238. The summed E-state index contributed by atoms with van der Waals surface area (Å²) in [5.41, 5.74) is 2.95. The lowest BCUT2D eigenvalue weighted by Crippen LogP contribution is -2.30. The topological polar surface area (TPSA) is 72.1 Å². The summed E-state index contributed by atoms with van der Waals surface area (Å²) in [6, 6.07) is 13.8. The lowest BCUT2D eigenvalue weighted by atomic mass is 10.1. The zero-order valence-corrected chi connectivity index (χ0v) is 16.2. The van der Waals surface area contributed by atoms with Gasteiger partial charge in [-0.1, -0.05) is 12.1 Å². The number of hydrogen-bond acceptors (Lipinski definition) is 4. The fourth-order valence-electron chi connectivity index (χ4n) is 3.47. The SMILES string of the molecule is O=C(C[C@@H](c1ccsc1)n1cccc1)NCCn1c(CO)nc2ccccc21. The highest BCUT2D eigenvalue weighted by molar-refractivity contribution is 7.08. The molecule has 0 unspecified atom stereocenters. The number of aliphatic hydroxyl groups is 1. The minimum Gasteiger partial charge on any atom is -0.388 e. The van der Waals surface area contributed by atoms with E-state index in [1.165, 1.54) is 0 Å². The van der Waals surface area contributed by atoms with Crippen molar-refractivity contribution in [2.75, 3.05) is 6.54 Å². The number of nitrogens with one attached hydrogen (secondary N) is 1. The van der Waals surface area contributed by atoms with Crippen LogP contribution >= 0.6 is 11.3 Å². The number of fused-ring (bicyclic) bond motifs is 1. The van der Waals surface area contributed by atoms with Crippen LogP contribution in [0.1, 0.15) is 23.9 Å². The van der Waals surface area contributed by atoms with Gasteiger partial charge in [-0.3, -0.25) is 4.79 Å². The molecule has 0 bridgehead atoms. The van der Waals surface area contributed by atoms with E-state index in [1.807, 2.05) is 58.7 Å². The Morgan fingerprint density at radius 3 is 2.75 bits per heavy atom. The first kappa shape index (κ1) is 18.5. The number of para-hydroxylation sites is 2. The van der Waals surface area contributed by atoms with Crippen molar-refractivity contribution in [3.8, 4) is 0 Å². The molecule has 0 aliphatic rings. The summed E-state index contributed by atoms with van der Waals surface area (Å²) in [4.78, 5) is 17.0. The average molecular weight is 395 g/mol. The maximum Gasteiger partial charge on any atom is 0.222 e. The van der Waals surface area contributed by atoms with Crippen LogP contribution in [-0.2, 0) is 17.9 Å². The number of rotatable bonds is 8. The molecule has 1 amide bonds. The van der Waals surface area contributed by atoms with Crippen LogP contribution in [0.15, 0.2) is 65.6 Å². The van der Waals surface area contributed by atoms with E-state index >= 15 is 0 Å². The molecule has 144 valence electrons. The molecule has 1 atom stereocenters. The first-order chi connectivity index (χ1) is 13.8. The second-order valence-electron chi connectivity index (χ2n) is 6.58. The molecule has 1 aromatic carbocycles. The summed E-state index contributed by atoms with van der Waals surface area (Å²) in [6.45, 7) is 0.916. The van der Waals surface area contributed by atoms with Gasteiger partial charge in [0.1, 0.15) is 12.4 Å². The van der Waals surface area contributed by atoms with Gasteiger partial charge in [-0.2, -0.15) is 11.3 Å². The van der Waals surface area contributed by atoms with Crippen LogP contribution in [0.2, 0.25) is 0 Å². The van der Waals surface area contributed by atoms with E-state index in [9.17, 15) is 9.90 Å². The second kappa shape index (κ2) is 8.41. The Labute approximate surface area is 167 Å². The molecule has 0 spiro atoms. The van der Waals surface area contributed by atoms with Gasteiger partial charge in [0.05, 0.1) is 23.5 Å². The third-order valence-corrected chi connectivity index (χ3v) is 5.53. The monoisotopic (exact) mass is 394 g/mol. The van der Waals surface area contributed by atoms with Crippen LogP contribution in [0.5, 0.6) is 0 Å². The Kier molecular flexibility index (Phi) is 5.55. The van der Waals surface area contributed by atoms with Crippen LogP contribution in [-0.4, -0.2) is 31.7 Å². The number of nitrogens with zero attached hydrogens (tertiary/aromatic N) is 3. The maximum absolute atomic E-state index is 12.6. The lowest BCUT2D eigenvalue weighted by Gasteiger charge is -2.18. The molecular weight excluding hydrogens is 372 g/mol. The number of aromatic nitrogens is 3. The Balaban J connectivity index is 1.41. The molecule has 0 radical (unpaired) electrons. The normalized spacial score (nSPS) is 12.3. The van der Waals surface area contributed by atoms with Gasteiger partial charge >= 0.3 is 0 Å². The van der Waals surface area contributed by atoms with Gasteiger partial charge in [-0.15, -0.1) is 0 Å². The molecule has 7 heteroatoms. The van der Waals surface area contributed by atoms with Crippen molar-refractivity contribution >= 4 is 28.3 Å². The van der Waals surface area contributed by atoms with Crippen LogP contribution in [0.3, 0.4) is 0 Å². The number of carbonyl (C=O) groups is 1. The van der Waals surface area contributed by atoms with E-state index in [4.69, 9.17) is 0 Å². The van der Waals surface area contributed by atoms with Crippen molar-refractivity contribution < 1.29 is 9.90 Å². The number of hydrogen-bond donors (Lipinski definition) is 2. The summed E-state index contributed by atoms with van der Waals surface area (Å²) in [5, 5.41) is 16.7.